The molecule has 0 saturated heterocycles. The van der Waals surface area contributed by atoms with E-state index in [9.17, 15) is 13.2 Å². The van der Waals surface area contributed by atoms with Crippen LogP contribution in [0.2, 0.25) is 0 Å². The second-order valence-corrected chi connectivity index (χ2v) is 8.84. The number of aromatic nitrogens is 2. The summed E-state index contributed by atoms with van der Waals surface area (Å²) in [5, 5.41) is 7.20. The third-order valence-corrected chi connectivity index (χ3v) is 6.73. The molecule has 1 fully saturated rings. The summed E-state index contributed by atoms with van der Waals surface area (Å²) in [5.41, 5.74) is 0.912. The fraction of sp³-hybridized carbons (Fsp3) is 0.750. The molecule has 1 aliphatic rings. The summed E-state index contributed by atoms with van der Waals surface area (Å²) >= 11 is 0. The zero-order chi connectivity index (χ0) is 17.9. The molecule has 1 aliphatic carbocycles. The van der Waals surface area contributed by atoms with Gasteiger partial charge in [0.1, 0.15) is 11.4 Å². The molecule has 1 aromatic heterocycles. The van der Waals surface area contributed by atoms with Crippen LogP contribution in [0, 0.1) is 19.8 Å². The molecule has 24 heavy (non-hydrogen) atoms. The molecular weight excluding hydrogens is 328 g/mol. The maximum Gasteiger partial charge on any atom is 0.246 e. The van der Waals surface area contributed by atoms with Gasteiger partial charge in [0.05, 0.1) is 11.4 Å². The van der Waals surface area contributed by atoms with Crippen molar-refractivity contribution in [1.82, 2.24) is 19.4 Å². The lowest BCUT2D eigenvalue weighted by Gasteiger charge is -2.21. The molecule has 0 atom stereocenters. The van der Waals surface area contributed by atoms with E-state index in [0.29, 0.717) is 23.9 Å². The number of carbonyl (C=O) groups excluding carboxylic acids is 1. The van der Waals surface area contributed by atoms with Crippen LogP contribution in [0.25, 0.3) is 0 Å². The van der Waals surface area contributed by atoms with Crippen molar-refractivity contribution in [2.45, 2.75) is 57.4 Å². The highest BCUT2D eigenvalue weighted by Gasteiger charge is 2.27. The summed E-state index contributed by atoms with van der Waals surface area (Å²) in [6.07, 6.45) is 6.11. The molecule has 136 valence electrons. The first-order chi connectivity index (χ1) is 11.2. The molecule has 7 nitrogen and oxygen atoms in total. The van der Waals surface area contributed by atoms with Crippen molar-refractivity contribution < 1.29 is 13.2 Å². The van der Waals surface area contributed by atoms with Gasteiger partial charge in [0.2, 0.25) is 15.9 Å². The first-order valence-electron chi connectivity index (χ1n) is 8.46. The van der Waals surface area contributed by atoms with Crippen LogP contribution in [0.4, 0.5) is 0 Å². The van der Waals surface area contributed by atoms with Crippen molar-refractivity contribution >= 4 is 15.9 Å². The zero-order valence-corrected chi connectivity index (χ0v) is 15.8. The van der Waals surface area contributed by atoms with Crippen LogP contribution in [0.15, 0.2) is 4.90 Å². The maximum atomic E-state index is 12.4. The Morgan fingerprint density at radius 1 is 1.25 bits per heavy atom. The fourth-order valence-corrected chi connectivity index (χ4v) is 4.49. The minimum atomic E-state index is -3.56. The molecule has 1 aromatic rings. The number of hydrogen-bond donors (Lipinski definition) is 1. The van der Waals surface area contributed by atoms with Crippen LogP contribution in [0.3, 0.4) is 0 Å². The van der Waals surface area contributed by atoms with Gasteiger partial charge in [0.15, 0.2) is 0 Å². The summed E-state index contributed by atoms with van der Waals surface area (Å²) in [6, 6.07) is 0. The SMILES string of the molecule is Cc1nn(CC(=O)NCC2CCCCC2)c(C)c1S(=O)(=O)N(C)C. The minimum absolute atomic E-state index is 0.0440. The topological polar surface area (TPSA) is 84.3 Å². The van der Waals surface area contributed by atoms with Crippen molar-refractivity contribution in [3.8, 4) is 0 Å². The molecular formula is C16H28N4O3S. The van der Waals surface area contributed by atoms with E-state index < -0.39 is 10.0 Å². The number of nitrogens with one attached hydrogen (secondary N) is 1. The third-order valence-electron chi connectivity index (χ3n) is 4.66. The lowest BCUT2D eigenvalue weighted by atomic mass is 9.89. The third kappa shape index (κ3) is 4.16. The summed E-state index contributed by atoms with van der Waals surface area (Å²) in [4.78, 5) is 12.4. The Bertz CT molecular complexity index is 688. The number of amides is 1. The Kier molecular flexibility index (Phi) is 6.03. The van der Waals surface area contributed by atoms with Crippen LogP contribution in [0.5, 0.6) is 0 Å². The second-order valence-electron chi connectivity index (χ2n) is 6.75. The van der Waals surface area contributed by atoms with Crippen molar-refractivity contribution in [3.63, 3.8) is 0 Å². The van der Waals surface area contributed by atoms with Gasteiger partial charge in [-0.3, -0.25) is 9.48 Å². The molecule has 2 rings (SSSR count). The number of sulfonamides is 1. The number of hydrogen-bond acceptors (Lipinski definition) is 4. The van der Waals surface area contributed by atoms with E-state index in [-0.39, 0.29) is 17.3 Å². The normalized spacial score (nSPS) is 16.5. The fourth-order valence-electron chi connectivity index (χ4n) is 3.23. The minimum Gasteiger partial charge on any atom is -0.354 e. The number of rotatable bonds is 6. The van der Waals surface area contributed by atoms with E-state index in [2.05, 4.69) is 10.4 Å². The lowest BCUT2D eigenvalue weighted by molar-refractivity contribution is -0.122. The molecule has 8 heteroatoms. The van der Waals surface area contributed by atoms with Crippen LogP contribution >= 0.6 is 0 Å². The largest absolute Gasteiger partial charge is 0.354 e. The highest BCUT2D eigenvalue weighted by molar-refractivity contribution is 7.89. The smallest absolute Gasteiger partial charge is 0.246 e. The van der Waals surface area contributed by atoms with E-state index >= 15 is 0 Å². The number of carbonyl (C=O) groups is 1. The highest BCUT2D eigenvalue weighted by Crippen LogP contribution is 2.23. The Morgan fingerprint density at radius 2 is 1.88 bits per heavy atom. The van der Waals surface area contributed by atoms with E-state index in [0.717, 1.165) is 4.31 Å². The zero-order valence-electron chi connectivity index (χ0n) is 15.0. The average molecular weight is 356 g/mol. The summed E-state index contributed by atoms with van der Waals surface area (Å²) < 4.78 is 27.4. The van der Waals surface area contributed by atoms with E-state index in [1.165, 1.54) is 50.9 Å². The van der Waals surface area contributed by atoms with Gasteiger partial charge in [-0.05, 0) is 32.6 Å². The Balaban J connectivity index is 2.03. The van der Waals surface area contributed by atoms with Crippen molar-refractivity contribution in [2.75, 3.05) is 20.6 Å². The molecule has 0 unspecified atom stereocenters. The lowest BCUT2D eigenvalue weighted by Crippen LogP contribution is -2.33. The van der Waals surface area contributed by atoms with Gasteiger partial charge in [0.25, 0.3) is 0 Å². The van der Waals surface area contributed by atoms with Crippen molar-refractivity contribution in [1.29, 1.82) is 0 Å². The molecule has 1 amide bonds. The average Bonchev–Trinajstić information content (AvgIpc) is 2.80. The van der Waals surface area contributed by atoms with Gasteiger partial charge in [-0.1, -0.05) is 19.3 Å². The summed E-state index contributed by atoms with van der Waals surface area (Å²) in [7, 11) is -0.587. The van der Waals surface area contributed by atoms with Gasteiger partial charge in [-0.15, -0.1) is 0 Å². The maximum absolute atomic E-state index is 12.4. The Hall–Kier alpha value is -1.41. The molecule has 1 heterocycles. The van der Waals surface area contributed by atoms with E-state index in [4.69, 9.17) is 0 Å². The van der Waals surface area contributed by atoms with Crippen LogP contribution in [0.1, 0.15) is 43.5 Å². The second kappa shape index (κ2) is 7.65. The Labute approximate surface area is 144 Å². The first kappa shape index (κ1) is 18.9. The highest BCUT2D eigenvalue weighted by atomic mass is 32.2. The van der Waals surface area contributed by atoms with Gasteiger partial charge < -0.3 is 5.32 Å². The van der Waals surface area contributed by atoms with Crippen molar-refractivity contribution in [3.05, 3.63) is 11.4 Å². The quantitative estimate of drug-likeness (QED) is 0.836. The number of nitrogens with zero attached hydrogens (tertiary/aromatic N) is 3. The Morgan fingerprint density at radius 3 is 2.46 bits per heavy atom. The summed E-state index contributed by atoms with van der Waals surface area (Å²) in [6.45, 7) is 4.08. The number of aryl methyl sites for hydroxylation is 1. The van der Waals surface area contributed by atoms with Crippen LogP contribution in [-0.4, -0.2) is 49.1 Å². The van der Waals surface area contributed by atoms with Gasteiger partial charge in [0, 0.05) is 20.6 Å². The molecule has 0 bridgehead atoms. The van der Waals surface area contributed by atoms with E-state index in [1.54, 1.807) is 13.8 Å². The van der Waals surface area contributed by atoms with Gasteiger partial charge >= 0.3 is 0 Å². The first-order valence-corrected chi connectivity index (χ1v) is 9.90. The molecule has 0 spiro atoms. The van der Waals surface area contributed by atoms with Crippen molar-refractivity contribution in [2.24, 2.45) is 5.92 Å². The molecule has 0 aliphatic heterocycles. The van der Waals surface area contributed by atoms with E-state index in [1.807, 2.05) is 0 Å². The molecule has 0 aromatic carbocycles. The molecule has 0 radical (unpaired) electrons. The van der Waals surface area contributed by atoms with Crippen LogP contribution in [-0.2, 0) is 21.4 Å². The van der Waals surface area contributed by atoms with Crippen LogP contribution < -0.4 is 5.32 Å². The van der Waals surface area contributed by atoms with Gasteiger partial charge in [-0.2, -0.15) is 5.10 Å². The molecule has 1 saturated carbocycles. The monoisotopic (exact) mass is 356 g/mol. The standard InChI is InChI=1S/C16H28N4O3S/c1-12-16(24(22,23)19(3)4)13(2)20(18-12)11-15(21)17-10-14-8-6-5-7-9-14/h14H,5-11H2,1-4H3,(H,17,21). The predicted octanol–water partition coefficient (Wildman–Crippen LogP) is 1.45. The van der Waals surface area contributed by atoms with Gasteiger partial charge in [-0.25, -0.2) is 12.7 Å². The predicted molar refractivity (Wildman–Crippen MR) is 92.2 cm³/mol. The molecule has 1 N–H and O–H groups in total. The summed E-state index contributed by atoms with van der Waals surface area (Å²) in [5.74, 6) is 0.438.